The lowest BCUT2D eigenvalue weighted by molar-refractivity contribution is -0.223. The molecule has 0 bridgehead atoms. The smallest absolute Gasteiger partial charge is 0.150 e. The summed E-state index contributed by atoms with van der Waals surface area (Å²) in [7, 11) is 0. The van der Waals surface area contributed by atoms with Crippen molar-refractivity contribution >= 4 is 0 Å². The number of benzene rings is 4. The van der Waals surface area contributed by atoms with Gasteiger partial charge in [0.1, 0.15) is 24.1 Å². The van der Waals surface area contributed by atoms with Gasteiger partial charge in [-0.05, 0) is 28.3 Å². The fourth-order valence-corrected chi connectivity index (χ4v) is 4.96. The molecule has 0 aliphatic carbocycles. The topological polar surface area (TPSA) is 66.4 Å². The maximum Gasteiger partial charge on any atom is 0.150 e. The van der Waals surface area contributed by atoms with Crippen molar-refractivity contribution in [1.82, 2.24) is 0 Å². The van der Waals surface area contributed by atoms with Crippen LogP contribution in [0.3, 0.4) is 0 Å². The van der Waals surface area contributed by atoms with Crippen LogP contribution in [0.5, 0.6) is 0 Å². The van der Waals surface area contributed by atoms with E-state index in [1.807, 2.05) is 121 Å². The van der Waals surface area contributed by atoms with E-state index in [0.717, 1.165) is 22.3 Å². The number of aliphatic hydroxyl groups excluding tert-OH is 1. The van der Waals surface area contributed by atoms with Crippen molar-refractivity contribution in [3.63, 3.8) is 0 Å². The molecule has 1 aliphatic rings. The molecule has 5 rings (SSSR count). The van der Waals surface area contributed by atoms with E-state index in [2.05, 4.69) is 0 Å². The first-order valence-corrected chi connectivity index (χ1v) is 14.4. The van der Waals surface area contributed by atoms with Crippen LogP contribution in [-0.4, -0.2) is 42.7 Å². The van der Waals surface area contributed by atoms with Gasteiger partial charge in [-0.3, -0.25) is 0 Å². The molecule has 4 aromatic rings. The van der Waals surface area contributed by atoms with E-state index >= 15 is 0 Å². The molecule has 42 heavy (non-hydrogen) atoms. The molecular weight excluding hydrogens is 528 g/mol. The number of rotatable bonds is 14. The molecule has 218 valence electrons. The Morgan fingerprint density at radius 1 is 0.548 bits per heavy atom. The van der Waals surface area contributed by atoms with Gasteiger partial charge in [-0.25, -0.2) is 0 Å². The second-order valence-corrected chi connectivity index (χ2v) is 10.2. The molecule has 1 N–H and O–H groups in total. The molecule has 6 nitrogen and oxygen atoms in total. The van der Waals surface area contributed by atoms with Gasteiger partial charge in [-0.2, -0.15) is 0 Å². The van der Waals surface area contributed by atoms with Gasteiger partial charge < -0.3 is 28.8 Å². The SMILES string of the molecule is OCC=C1OC(COCc2ccccc2)C(OCc2ccccc2)C(OCc2ccccc2)C1OCc1ccccc1. The van der Waals surface area contributed by atoms with Crippen molar-refractivity contribution in [2.45, 2.75) is 50.8 Å². The van der Waals surface area contributed by atoms with Crippen LogP contribution in [-0.2, 0) is 50.1 Å². The third-order valence-electron chi connectivity index (χ3n) is 7.09. The maximum atomic E-state index is 9.93. The van der Waals surface area contributed by atoms with Crippen LogP contribution >= 0.6 is 0 Å². The Hall–Kier alpha value is -3.78. The Morgan fingerprint density at radius 2 is 0.976 bits per heavy atom. The minimum Gasteiger partial charge on any atom is -0.487 e. The predicted octanol–water partition coefficient (Wildman–Crippen LogP) is 6.23. The lowest BCUT2D eigenvalue weighted by Crippen LogP contribution is -2.56. The zero-order valence-electron chi connectivity index (χ0n) is 23.7. The minimum absolute atomic E-state index is 0.195. The van der Waals surface area contributed by atoms with Crippen molar-refractivity contribution in [2.24, 2.45) is 0 Å². The van der Waals surface area contributed by atoms with Crippen molar-refractivity contribution in [1.29, 1.82) is 0 Å². The summed E-state index contributed by atoms with van der Waals surface area (Å²) in [4.78, 5) is 0. The Labute approximate surface area is 248 Å². The molecule has 1 aliphatic heterocycles. The summed E-state index contributed by atoms with van der Waals surface area (Å²) in [6, 6.07) is 40.1. The summed E-state index contributed by atoms with van der Waals surface area (Å²) in [5, 5.41) is 9.93. The number of aliphatic hydroxyl groups is 1. The van der Waals surface area contributed by atoms with Crippen LogP contribution in [0.1, 0.15) is 22.3 Å². The fraction of sp³-hybridized carbons (Fsp3) is 0.278. The zero-order chi connectivity index (χ0) is 28.8. The highest BCUT2D eigenvalue weighted by molar-refractivity contribution is 5.18. The zero-order valence-corrected chi connectivity index (χ0v) is 23.7. The molecule has 1 heterocycles. The number of hydrogen-bond acceptors (Lipinski definition) is 6. The lowest BCUT2D eigenvalue weighted by Gasteiger charge is -2.43. The molecule has 1 fully saturated rings. The Morgan fingerprint density at radius 3 is 1.45 bits per heavy atom. The molecule has 6 heteroatoms. The van der Waals surface area contributed by atoms with E-state index in [9.17, 15) is 5.11 Å². The van der Waals surface area contributed by atoms with Crippen molar-refractivity contribution in [3.05, 3.63) is 155 Å². The van der Waals surface area contributed by atoms with E-state index in [-0.39, 0.29) is 13.2 Å². The van der Waals surface area contributed by atoms with Gasteiger partial charge in [-0.1, -0.05) is 121 Å². The number of ether oxygens (including phenoxy) is 5. The minimum atomic E-state index is -0.604. The largest absolute Gasteiger partial charge is 0.487 e. The van der Waals surface area contributed by atoms with Gasteiger partial charge in [0.15, 0.2) is 6.10 Å². The second kappa shape index (κ2) is 16.0. The first kappa shape index (κ1) is 29.7. The van der Waals surface area contributed by atoms with Crippen LogP contribution in [0.25, 0.3) is 0 Å². The van der Waals surface area contributed by atoms with Crippen molar-refractivity contribution in [2.75, 3.05) is 13.2 Å². The molecule has 0 spiro atoms. The maximum absolute atomic E-state index is 9.93. The summed E-state index contributed by atoms with van der Waals surface area (Å²) in [6.07, 6.45) is -0.498. The first-order valence-electron chi connectivity index (χ1n) is 14.4. The number of hydrogen-bond donors (Lipinski definition) is 1. The summed E-state index contributed by atoms with van der Waals surface area (Å²) in [5.74, 6) is 0.513. The third-order valence-corrected chi connectivity index (χ3v) is 7.09. The molecule has 0 radical (unpaired) electrons. The molecule has 4 atom stereocenters. The van der Waals surface area contributed by atoms with E-state index in [1.54, 1.807) is 6.08 Å². The van der Waals surface area contributed by atoms with Crippen molar-refractivity contribution in [3.8, 4) is 0 Å². The first-order chi connectivity index (χ1) is 20.8. The lowest BCUT2D eigenvalue weighted by atomic mass is 9.96. The van der Waals surface area contributed by atoms with Crippen LogP contribution in [0.2, 0.25) is 0 Å². The highest BCUT2D eigenvalue weighted by atomic mass is 16.6. The summed E-state index contributed by atoms with van der Waals surface area (Å²) in [5.41, 5.74) is 4.18. The Bertz CT molecular complexity index is 1330. The molecule has 1 saturated heterocycles. The van der Waals surface area contributed by atoms with Crippen LogP contribution in [0, 0.1) is 0 Å². The second-order valence-electron chi connectivity index (χ2n) is 10.2. The van der Waals surface area contributed by atoms with Gasteiger partial charge in [0, 0.05) is 0 Å². The highest BCUT2D eigenvalue weighted by Crippen LogP contribution is 2.33. The van der Waals surface area contributed by atoms with Gasteiger partial charge >= 0.3 is 0 Å². The third kappa shape index (κ3) is 8.61. The molecular formula is C36H38O6. The molecule has 4 unspecified atom stereocenters. The quantitative estimate of drug-likeness (QED) is 0.195. The molecule has 0 saturated carbocycles. The average Bonchev–Trinajstić information content (AvgIpc) is 3.05. The van der Waals surface area contributed by atoms with Gasteiger partial charge in [-0.15, -0.1) is 0 Å². The summed E-state index contributed by atoms with van der Waals surface area (Å²) in [6.45, 7) is 1.61. The predicted molar refractivity (Wildman–Crippen MR) is 161 cm³/mol. The Kier molecular flexibility index (Phi) is 11.3. The highest BCUT2D eigenvalue weighted by Gasteiger charge is 2.46. The standard InChI is InChI=1S/C36H38O6/c37-22-21-32-34(39-24-29-15-7-2-8-16-29)36(41-26-31-19-11-4-12-20-31)35(40-25-30-17-9-3-10-18-30)33(42-32)27-38-23-28-13-5-1-6-14-28/h1-21,33-37H,22-27H2. The van der Waals surface area contributed by atoms with Gasteiger partial charge in [0.05, 0.1) is 39.6 Å². The van der Waals surface area contributed by atoms with Gasteiger partial charge in [0.25, 0.3) is 0 Å². The van der Waals surface area contributed by atoms with Crippen LogP contribution in [0.15, 0.2) is 133 Å². The fourth-order valence-electron chi connectivity index (χ4n) is 4.96. The Balaban J connectivity index is 1.41. The normalized spacial score (nSPS) is 21.2. The van der Waals surface area contributed by atoms with Crippen LogP contribution < -0.4 is 0 Å². The van der Waals surface area contributed by atoms with E-state index < -0.39 is 24.4 Å². The van der Waals surface area contributed by atoms with E-state index in [4.69, 9.17) is 23.7 Å². The van der Waals surface area contributed by atoms with Crippen LogP contribution in [0.4, 0.5) is 0 Å². The van der Waals surface area contributed by atoms with Gasteiger partial charge in [0.2, 0.25) is 0 Å². The van der Waals surface area contributed by atoms with E-state index in [0.29, 0.717) is 32.2 Å². The molecule has 0 aromatic heterocycles. The summed E-state index contributed by atoms with van der Waals surface area (Å²) >= 11 is 0. The monoisotopic (exact) mass is 566 g/mol. The molecule has 4 aromatic carbocycles. The molecule has 0 amide bonds. The van der Waals surface area contributed by atoms with E-state index in [1.165, 1.54) is 0 Å². The summed E-state index contributed by atoms with van der Waals surface area (Å²) < 4.78 is 32.4. The van der Waals surface area contributed by atoms with Crippen molar-refractivity contribution < 1.29 is 28.8 Å². The average molecular weight is 567 g/mol.